The highest BCUT2D eigenvalue weighted by molar-refractivity contribution is 5.34. The zero-order chi connectivity index (χ0) is 9.84. The Balaban J connectivity index is 3.04. The fraction of sp³-hybridized carbons (Fsp3) is 0.333. The number of hydrogen-bond donors (Lipinski definition) is 1. The van der Waals surface area contributed by atoms with Gasteiger partial charge in [-0.25, -0.2) is 0 Å². The van der Waals surface area contributed by atoms with Gasteiger partial charge in [-0.3, -0.25) is 0 Å². The van der Waals surface area contributed by atoms with Gasteiger partial charge in [0.05, 0.1) is 6.04 Å². The van der Waals surface area contributed by atoms with Crippen LogP contribution in [0.2, 0.25) is 0 Å². The first kappa shape index (κ1) is 9.83. The van der Waals surface area contributed by atoms with Crippen LogP contribution in [-0.4, -0.2) is 7.05 Å². The summed E-state index contributed by atoms with van der Waals surface area (Å²) in [6.07, 6.45) is 5.39. The first-order valence-corrected chi connectivity index (χ1v) is 4.39. The van der Waals surface area contributed by atoms with Gasteiger partial charge in [0, 0.05) is 0 Å². The monoisotopic (exact) mass is 173 g/mol. The van der Waals surface area contributed by atoms with E-state index in [1.54, 1.807) is 0 Å². The minimum absolute atomic E-state index is 0.0271. The highest BCUT2D eigenvalue weighted by Gasteiger charge is 2.05. The average molecular weight is 173 g/mol. The summed E-state index contributed by atoms with van der Waals surface area (Å²) in [5, 5.41) is 3.08. The summed E-state index contributed by atoms with van der Waals surface area (Å²) in [4.78, 5) is 0. The molecule has 0 saturated carbocycles. The molecule has 0 aliphatic rings. The van der Waals surface area contributed by atoms with Crippen molar-refractivity contribution in [1.29, 1.82) is 0 Å². The summed E-state index contributed by atoms with van der Waals surface area (Å²) in [7, 11) is 1.87. The SMILES string of the molecule is C#CC(NC)c1ccc(C)c(C)c1. The van der Waals surface area contributed by atoms with Gasteiger partial charge < -0.3 is 5.32 Å². The predicted molar refractivity (Wildman–Crippen MR) is 56.5 cm³/mol. The fourth-order valence-electron chi connectivity index (χ4n) is 1.29. The van der Waals surface area contributed by atoms with E-state index in [1.807, 2.05) is 7.05 Å². The Labute approximate surface area is 80.2 Å². The van der Waals surface area contributed by atoms with Gasteiger partial charge in [-0.15, -0.1) is 6.42 Å². The van der Waals surface area contributed by atoms with Crippen LogP contribution in [0, 0.1) is 26.2 Å². The van der Waals surface area contributed by atoms with E-state index in [9.17, 15) is 0 Å². The van der Waals surface area contributed by atoms with Crippen molar-refractivity contribution in [3.63, 3.8) is 0 Å². The van der Waals surface area contributed by atoms with E-state index in [-0.39, 0.29) is 6.04 Å². The molecule has 0 amide bonds. The standard InChI is InChI=1S/C12H15N/c1-5-12(13-4)11-7-6-9(2)10(3)8-11/h1,6-8,12-13H,2-4H3. The van der Waals surface area contributed by atoms with E-state index in [4.69, 9.17) is 6.42 Å². The molecule has 1 rings (SSSR count). The maximum absolute atomic E-state index is 5.39. The van der Waals surface area contributed by atoms with Gasteiger partial charge >= 0.3 is 0 Å². The molecule has 0 aromatic heterocycles. The molecular weight excluding hydrogens is 158 g/mol. The maximum Gasteiger partial charge on any atom is 0.0940 e. The molecule has 0 fully saturated rings. The average Bonchev–Trinajstić information content (AvgIpc) is 2.13. The van der Waals surface area contributed by atoms with E-state index in [1.165, 1.54) is 11.1 Å². The second-order valence-corrected chi connectivity index (χ2v) is 3.23. The van der Waals surface area contributed by atoms with Crippen LogP contribution in [0.15, 0.2) is 18.2 Å². The summed E-state index contributed by atoms with van der Waals surface area (Å²) >= 11 is 0. The summed E-state index contributed by atoms with van der Waals surface area (Å²) in [6.45, 7) is 4.20. The molecule has 13 heavy (non-hydrogen) atoms. The Morgan fingerprint density at radius 3 is 2.46 bits per heavy atom. The largest absolute Gasteiger partial charge is 0.303 e. The van der Waals surface area contributed by atoms with Crippen molar-refractivity contribution < 1.29 is 0 Å². The highest BCUT2D eigenvalue weighted by Crippen LogP contribution is 2.15. The molecule has 0 spiro atoms. The minimum atomic E-state index is 0.0271. The first-order chi connectivity index (χ1) is 6.19. The molecule has 0 aliphatic carbocycles. The van der Waals surface area contributed by atoms with Crippen LogP contribution in [0.25, 0.3) is 0 Å². The smallest absolute Gasteiger partial charge is 0.0940 e. The third-order valence-corrected chi connectivity index (χ3v) is 2.32. The summed E-state index contributed by atoms with van der Waals surface area (Å²) in [6, 6.07) is 6.34. The van der Waals surface area contributed by atoms with Gasteiger partial charge in [0.1, 0.15) is 0 Å². The van der Waals surface area contributed by atoms with Crippen molar-refractivity contribution in [3.8, 4) is 12.3 Å². The van der Waals surface area contributed by atoms with Crippen molar-refractivity contribution >= 4 is 0 Å². The maximum atomic E-state index is 5.39. The lowest BCUT2D eigenvalue weighted by Gasteiger charge is -2.11. The second-order valence-electron chi connectivity index (χ2n) is 3.23. The lowest BCUT2D eigenvalue weighted by molar-refractivity contribution is 0.735. The number of aryl methyl sites for hydroxylation is 2. The van der Waals surface area contributed by atoms with Gasteiger partial charge in [0.25, 0.3) is 0 Å². The molecule has 1 aromatic carbocycles. The summed E-state index contributed by atoms with van der Waals surface area (Å²) in [5.74, 6) is 2.70. The van der Waals surface area contributed by atoms with Gasteiger partial charge in [0.2, 0.25) is 0 Å². The second kappa shape index (κ2) is 4.11. The zero-order valence-electron chi connectivity index (χ0n) is 8.39. The molecule has 0 aliphatic heterocycles. The van der Waals surface area contributed by atoms with Crippen molar-refractivity contribution in [2.24, 2.45) is 0 Å². The highest BCUT2D eigenvalue weighted by atomic mass is 14.9. The molecule has 1 heteroatoms. The van der Waals surface area contributed by atoms with Gasteiger partial charge in [-0.1, -0.05) is 24.1 Å². The van der Waals surface area contributed by atoms with E-state index in [0.717, 1.165) is 5.56 Å². The number of terminal acetylenes is 1. The molecule has 1 N–H and O–H groups in total. The third kappa shape index (κ3) is 2.11. The molecule has 1 aromatic rings. The number of nitrogens with one attached hydrogen (secondary N) is 1. The van der Waals surface area contributed by atoms with Crippen molar-refractivity contribution in [2.75, 3.05) is 7.05 Å². The van der Waals surface area contributed by atoms with E-state index >= 15 is 0 Å². The quantitative estimate of drug-likeness (QED) is 0.676. The zero-order valence-corrected chi connectivity index (χ0v) is 8.39. The minimum Gasteiger partial charge on any atom is -0.303 e. The number of hydrogen-bond acceptors (Lipinski definition) is 1. The van der Waals surface area contributed by atoms with Crippen LogP contribution in [0.4, 0.5) is 0 Å². The van der Waals surface area contributed by atoms with Crippen LogP contribution in [0.1, 0.15) is 22.7 Å². The lowest BCUT2D eigenvalue weighted by atomic mass is 10.0. The predicted octanol–water partition coefficient (Wildman–Crippen LogP) is 2.20. The Morgan fingerprint density at radius 1 is 1.31 bits per heavy atom. The van der Waals surface area contributed by atoms with Crippen LogP contribution >= 0.6 is 0 Å². The van der Waals surface area contributed by atoms with Gasteiger partial charge in [-0.05, 0) is 37.6 Å². The van der Waals surface area contributed by atoms with Crippen molar-refractivity contribution in [1.82, 2.24) is 5.32 Å². The molecule has 1 atom stereocenters. The molecule has 1 unspecified atom stereocenters. The lowest BCUT2D eigenvalue weighted by Crippen LogP contribution is -2.14. The first-order valence-electron chi connectivity index (χ1n) is 4.39. The fourth-order valence-corrected chi connectivity index (χ4v) is 1.29. The van der Waals surface area contributed by atoms with E-state index in [2.05, 4.69) is 43.3 Å². The molecule has 68 valence electrons. The molecule has 0 radical (unpaired) electrons. The molecule has 0 saturated heterocycles. The summed E-state index contributed by atoms with van der Waals surface area (Å²) < 4.78 is 0. The van der Waals surface area contributed by atoms with Gasteiger partial charge in [-0.2, -0.15) is 0 Å². The van der Waals surface area contributed by atoms with Crippen LogP contribution in [0.3, 0.4) is 0 Å². The van der Waals surface area contributed by atoms with Gasteiger partial charge in [0.15, 0.2) is 0 Å². The van der Waals surface area contributed by atoms with Crippen molar-refractivity contribution in [2.45, 2.75) is 19.9 Å². The van der Waals surface area contributed by atoms with Crippen LogP contribution in [-0.2, 0) is 0 Å². The molecular formula is C12H15N. The molecule has 0 bridgehead atoms. The number of benzene rings is 1. The Bertz CT molecular complexity index is 333. The Hall–Kier alpha value is -1.26. The Kier molecular flexibility index (Phi) is 3.11. The Morgan fingerprint density at radius 2 is 2.00 bits per heavy atom. The number of rotatable bonds is 2. The molecule has 0 heterocycles. The topological polar surface area (TPSA) is 12.0 Å². The van der Waals surface area contributed by atoms with Crippen molar-refractivity contribution in [3.05, 3.63) is 34.9 Å². The third-order valence-electron chi connectivity index (χ3n) is 2.32. The normalized spacial score (nSPS) is 12.2. The molecule has 1 nitrogen and oxygen atoms in total. The van der Waals surface area contributed by atoms with Crippen LogP contribution in [0.5, 0.6) is 0 Å². The van der Waals surface area contributed by atoms with E-state index < -0.39 is 0 Å². The summed E-state index contributed by atoms with van der Waals surface area (Å²) in [5.41, 5.74) is 3.75. The van der Waals surface area contributed by atoms with E-state index in [0.29, 0.717) is 0 Å². The van der Waals surface area contributed by atoms with Crippen LogP contribution < -0.4 is 5.32 Å².